The first kappa shape index (κ1) is 22.7. The fourth-order valence-electron chi connectivity index (χ4n) is 1.40. The molecule has 0 radical (unpaired) electrons. The van der Waals surface area contributed by atoms with Crippen LogP contribution >= 0.6 is 24.0 Å². The van der Waals surface area contributed by atoms with Crippen LogP contribution in [0.4, 0.5) is 0 Å². The van der Waals surface area contributed by atoms with E-state index >= 15 is 0 Å². The molecule has 18 heavy (non-hydrogen) atoms. The van der Waals surface area contributed by atoms with Crippen molar-refractivity contribution in [2.75, 3.05) is 27.7 Å². The lowest BCUT2D eigenvalue weighted by molar-refractivity contribution is -0.869. The van der Waals surface area contributed by atoms with Gasteiger partial charge < -0.3 is 4.48 Å². The van der Waals surface area contributed by atoms with Gasteiger partial charge in [-0.2, -0.15) is 0 Å². The molecule has 0 aliphatic heterocycles. The van der Waals surface area contributed by atoms with E-state index in [2.05, 4.69) is 21.1 Å². The minimum Gasteiger partial charge on any atom is -0.331 e. The third-order valence-corrected chi connectivity index (χ3v) is 2.35. The largest absolute Gasteiger partial charge is 0.331 e. The van der Waals surface area contributed by atoms with E-state index in [0.717, 1.165) is 22.2 Å². The van der Waals surface area contributed by atoms with Crippen LogP contribution in [0.25, 0.3) is 0 Å². The molecule has 0 aromatic heterocycles. The van der Waals surface area contributed by atoms with E-state index in [-0.39, 0.29) is 44.6 Å². The third kappa shape index (κ3) is 8.64. The van der Waals surface area contributed by atoms with E-state index in [9.17, 15) is 4.79 Å². The number of carbonyl (C=O) groups excluding carboxylic acids is 1. The third-order valence-electron chi connectivity index (χ3n) is 2.35. The molecule has 0 fully saturated rings. The van der Waals surface area contributed by atoms with Crippen LogP contribution in [-0.4, -0.2) is 38.0 Å². The highest BCUT2D eigenvalue weighted by Gasteiger charge is 2.12. The lowest BCUT2D eigenvalue weighted by Gasteiger charge is -2.23. The lowest BCUT2D eigenvalue weighted by Crippen LogP contribution is -2.36. The minimum atomic E-state index is 0. The molecule has 0 saturated heterocycles. The smallest absolute Gasteiger partial charge is 0.168 e. The molecule has 1 aromatic rings. The van der Waals surface area contributed by atoms with Crippen LogP contribution in [0.15, 0.2) is 24.3 Å². The number of hydrogen-bond acceptors (Lipinski definition) is 1. The maximum atomic E-state index is 11.8. The van der Waals surface area contributed by atoms with E-state index in [4.69, 9.17) is 0 Å². The zero-order valence-electron chi connectivity index (χ0n) is 10.5. The number of Topliss-reactive ketones (excluding diaryl/α,β-unsaturated/α-hetero) is 1. The molecule has 0 N–H and O–H groups in total. The zero-order valence-corrected chi connectivity index (χ0v) is 12.8. The zero-order chi connectivity index (χ0) is 11.5. The fraction of sp³-hybridized carbons (Fsp3) is 0.533. The molecule has 0 bridgehead atoms. The molecule has 0 amide bonds. The van der Waals surface area contributed by atoms with Crippen LogP contribution in [0.1, 0.15) is 37.2 Å². The van der Waals surface area contributed by atoms with E-state index in [1.807, 2.05) is 31.2 Å². The van der Waals surface area contributed by atoms with Gasteiger partial charge >= 0.3 is 0 Å². The number of hydrogen-bond donors (Lipinski definition) is 0. The molecule has 1 aromatic carbocycles. The average molecular weight is 366 g/mol. The van der Waals surface area contributed by atoms with Crippen LogP contribution in [0, 0.1) is 6.92 Å². The van der Waals surface area contributed by atoms with Crippen LogP contribution in [-0.2, 0) is 0 Å². The van der Waals surface area contributed by atoms with Crippen molar-refractivity contribution in [2.45, 2.75) is 28.2 Å². The van der Waals surface area contributed by atoms with Gasteiger partial charge in [0.15, 0.2) is 5.78 Å². The van der Waals surface area contributed by atoms with E-state index in [1.165, 1.54) is 0 Å². The SMILES string of the molecule is C.C.Cc1cccc(C(=O)CC[N+](C)(C)C)c1.I. The van der Waals surface area contributed by atoms with E-state index in [0.29, 0.717) is 6.42 Å². The van der Waals surface area contributed by atoms with Crippen molar-refractivity contribution in [2.24, 2.45) is 0 Å². The number of quaternary nitrogens is 1. The van der Waals surface area contributed by atoms with Crippen molar-refractivity contribution < 1.29 is 9.28 Å². The summed E-state index contributed by atoms with van der Waals surface area (Å²) in [6.07, 6.45) is 0.618. The number of nitrogens with zero attached hydrogens (tertiary/aromatic N) is 1. The summed E-state index contributed by atoms with van der Waals surface area (Å²) in [5.41, 5.74) is 1.98. The molecule has 0 aliphatic carbocycles. The first-order valence-corrected chi connectivity index (χ1v) is 5.29. The van der Waals surface area contributed by atoms with Gasteiger partial charge in [0.25, 0.3) is 0 Å². The van der Waals surface area contributed by atoms with Gasteiger partial charge in [0.2, 0.25) is 0 Å². The fourth-order valence-corrected chi connectivity index (χ4v) is 1.40. The van der Waals surface area contributed by atoms with Gasteiger partial charge in [-0.25, -0.2) is 0 Å². The Bertz CT molecular complexity index is 356. The molecular weight excluding hydrogens is 337 g/mol. The standard InChI is InChI=1S/C13H20NO.2CH4.HI/c1-11-6-5-7-12(10-11)13(15)8-9-14(2,3)4;;;/h5-7,10H,8-9H2,1-4H3;2*1H4;1H/q+1;;;. The summed E-state index contributed by atoms with van der Waals surface area (Å²) in [5, 5.41) is 0. The number of ketones is 1. The summed E-state index contributed by atoms with van der Waals surface area (Å²) in [5.74, 6) is 0.242. The van der Waals surface area contributed by atoms with Gasteiger partial charge in [-0.1, -0.05) is 38.6 Å². The normalized spacial score (nSPS) is 9.56. The highest BCUT2D eigenvalue weighted by molar-refractivity contribution is 14.0. The molecule has 106 valence electrons. The second-order valence-corrected chi connectivity index (χ2v) is 5.06. The second-order valence-electron chi connectivity index (χ2n) is 5.06. The summed E-state index contributed by atoms with van der Waals surface area (Å²) in [4.78, 5) is 11.8. The molecule has 2 nitrogen and oxygen atoms in total. The quantitative estimate of drug-likeness (QED) is 0.444. The molecule has 0 atom stereocenters. The monoisotopic (exact) mass is 366 g/mol. The van der Waals surface area contributed by atoms with Gasteiger partial charge in [-0.15, -0.1) is 24.0 Å². The predicted molar refractivity (Wildman–Crippen MR) is 91.9 cm³/mol. The van der Waals surface area contributed by atoms with Gasteiger partial charge in [-0.3, -0.25) is 4.79 Å². The van der Waals surface area contributed by atoms with Gasteiger partial charge in [-0.05, 0) is 13.0 Å². The van der Waals surface area contributed by atoms with Gasteiger partial charge in [0.05, 0.1) is 34.1 Å². The number of rotatable bonds is 4. The molecule has 0 aliphatic rings. The highest BCUT2D eigenvalue weighted by Crippen LogP contribution is 2.08. The molecule has 0 spiro atoms. The summed E-state index contributed by atoms with van der Waals surface area (Å²) < 4.78 is 0.831. The Hall–Kier alpha value is -0.420. The molecule has 0 unspecified atom stereocenters. The van der Waals surface area contributed by atoms with Crippen molar-refractivity contribution in [1.82, 2.24) is 0 Å². The number of halogens is 1. The summed E-state index contributed by atoms with van der Waals surface area (Å²) in [7, 11) is 6.30. The molecule has 3 heteroatoms. The van der Waals surface area contributed by atoms with Crippen molar-refractivity contribution in [3.63, 3.8) is 0 Å². The first-order valence-electron chi connectivity index (χ1n) is 5.29. The number of carbonyl (C=O) groups is 1. The maximum Gasteiger partial charge on any atom is 0.168 e. The van der Waals surface area contributed by atoms with Crippen LogP contribution in [0.2, 0.25) is 0 Å². The molecular formula is C15H29INO+. The minimum absolute atomic E-state index is 0. The van der Waals surface area contributed by atoms with Crippen LogP contribution in [0.5, 0.6) is 0 Å². The van der Waals surface area contributed by atoms with Crippen molar-refractivity contribution in [3.05, 3.63) is 35.4 Å². The Balaban J connectivity index is -0.000000750. The Kier molecular flexibility index (Phi) is 12.0. The second kappa shape index (κ2) is 9.50. The van der Waals surface area contributed by atoms with Crippen LogP contribution in [0.3, 0.4) is 0 Å². The Morgan fingerprint density at radius 2 is 1.72 bits per heavy atom. The van der Waals surface area contributed by atoms with Crippen molar-refractivity contribution in [1.29, 1.82) is 0 Å². The highest BCUT2D eigenvalue weighted by atomic mass is 127. The lowest BCUT2D eigenvalue weighted by atomic mass is 10.1. The maximum absolute atomic E-state index is 11.8. The average Bonchev–Trinajstić information content (AvgIpc) is 2.13. The predicted octanol–water partition coefficient (Wildman–Crippen LogP) is 4.16. The molecule has 0 saturated carbocycles. The van der Waals surface area contributed by atoms with Crippen molar-refractivity contribution in [3.8, 4) is 0 Å². The van der Waals surface area contributed by atoms with Gasteiger partial charge in [0, 0.05) is 5.56 Å². The topological polar surface area (TPSA) is 17.1 Å². The number of aryl methyl sites for hydroxylation is 1. The summed E-state index contributed by atoms with van der Waals surface area (Å²) in [6.45, 7) is 2.89. The summed E-state index contributed by atoms with van der Waals surface area (Å²) in [6, 6.07) is 7.80. The van der Waals surface area contributed by atoms with Crippen molar-refractivity contribution >= 4 is 29.8 Å². The molecule has 0 heterocycles. The number of benzene rings is 1. The van der Waals surface area contributed by atoms with Crippen LogP contribution < -0.4 is 0 Å². The molecule has 1 rings (SSSR count). The van der Waals surface area contributed by atoms with E-state index < -0.39 is 0 Å². The Morgan fingerprint density at radius 3 is 2.17 bits per heavy atom. The summed E-state index contributed by atoms with van der Waals surface area (Å²) >= 11 is 0. The Morgan fingerprint density at radius 1 is 1.17 bits per heavy atom. The van der Waals surface area contributed by atoms with E-state index in [1.54, 1.807) is 0 Å². The first-order chi connectivity index (χ1) is 6.88. The Labute approximate surface area is 130 Å². The van der Waals surface area contributed by atoms with Gasteiger partial charge in [0.1, 0.15) is 0 Å².